The maximum absolute atomic E-state index is 12.3. The minimum absolute atomic E-state index is 0.0693. The average Bonchev–Trinajstić information content (AvgIpc) is 2.95. The molecule has 1 heterocycles. The molecule has 1 saturated carbocycles. The lowest BCUT2D eigenvalue weighted by Gasteiger charge is -2.21. The van der Waals surface area contributed by atoms with Crippen molar-refractivity contribution in [1.82, 2.24) is 4.98 Å². The van der Waals surface area contributed by atoms with Gasteiger partial charge in [0.1, 0.15) is 6.26 Å². The average molecular weight is 327 g/mol. The van der Waals surface area contributed by atoms with Gasteiger partial charge in [0.2, 0.25) is 5.91 Å². The summed E-state index contributed by atoms with van der Waals surface area (Å²) in [6, 6.07) is 7.02. The number of carbonyl (C=O) groups excluding carboxylic acids is 2. The van der Waals surface area contributed by atoms with Crippen LogP contribution in [0.2, 0.25) is 0 Å². The van der Waals surface area contributed by atoms with Crippen LogP contribution in [0.3, 0.4) is 0 Å². The fraction of sp³-hybridized carbons (Fsp3) is 0.389. The molecule has 1 aliphatic rings. The fourth-order valence-corrected chi connectivity index (χ4v) is 2.39. The summed E-state index contributed by atoms with van der Waals surface area (Å²) in [5.74, 6) is 0.491. The SMILES string of the molecule is CC(C)C(=O)Nc1cccc(NC(=O)c2coc(C3CCC3)n2)c1. The van der Waals surface area contributed by atoms with E-state index in [-0.39, 0.29) is 23.4 Å². The van der Waals surface area contributed by atoms with Gasteiger partial charge in [-0.2, -0.15) is 0 Å². The Balaban J connectivity index is 1.65. The van der Waals surface area contributed by atoms with Gasteiger partial charge in [-0.25, -0.2) is 4.98 Å². The fourth-order valence-electron chi connectivity index (χ4n) is 2.39. The van der Waals surface area contributed by atoms with Crippen LogP contribution in [0, 0.1) is 5.92 Å². The quantitative estimate of drug-likeness (QED) is 0.875. The number of hydrogen-bond donors (Lipinski definition) is 2. The largest absolute Gasteiger partial charge is 0.448 e. The molecule has 0 saturated heterocycles. The Morgan fingerprint density at radius 3 is 2.54 bits per heavy atom. The molecule has 0 radical (unpaired) electrons. The molecule has 1 aliphatic carbocycles. The van der Waals surface area contributed by atoms with Gasteiger partial charge in [0.15, 0.2) is 11.6 Å². The van der Waals surface area contributed by atoms with Crippen molar-refractivity contribution in [1.29, 1.82) is 0 Å². The van der Waals surface area contributed by atoms with Crippen LogP contribution < -0.4 is 10.6 Å². The first-order chi connectivity index (χ1) is 11.5. The molecular weight excluding hydrogens is 306 g/mol. The molecule has 6 heteroatoms. The summed E-state index contributed by atoms with van der Waals surface area (Å²) in [4.78, 5) is 28.3. The van der Waals surface area contributed by atoms with Crippen LogP contribution in [0.15, 0.2) is 34.9 Å². The zero-order valence-corrected chi connectivity index (χ0v) is 13.8. The number of aromatic nitrogens is 1. The van der Waals surface area contributed by atoms with Crippen molar-refractivity contribution in [2.75, 3.05) is 10.6 Å². The van der Waals surface area contributed by atoms with E-state index in [2.05, 4.69) is 15.6 Å². The second-order valence-corrected chi connectivity index (χ2v) is 6.38. The van der Waals surface area contributed by atoms with E-state index in [1.165, 1.54) is 12.7 Å². The van der Waals surface area contributed by atoms with Crippen molar-refractivity contribution in [3.05, 3.63) is 42.1 Å². The van der Waals surface area contributed by atoms with Gasteiger partial charge in [0.05, 0.1) is 0 Å². The lowest BCUT2D eigenvalue weighted by Crippen LogP contribution is -2.18. The van der Waals surface area contributed by atoms with Crippen molar-refractivity contribution >= 4 is 23.2 Å². The third-order valence-electron chi connectivity index (χ3n) is 4.12. The number of nitrogens with zero attached hydrogens (tertiary/aromatic N) is 1. The van der Waals surface area contributed by atoms with Crippen LogP contribution in [-0.4, -0.2) is 16.8 Å². The van der Waals surface area contributed by atoms with Crippen LogP contribution in [0.5, 0.6) is 0 Å². The Morgan fingerprint density at radius 2 is 1.92 bits per heavy atom. The van der Waals surface area contributed by atoms with Gasteiger partial charge in [-0.1, -0.05) is 26.3 Å². The van der Waals surface area contributed by atoms with Gasteiger partial charge >= 0.3 is 0 Å². The lowest BCUT2D eigenvalue weighted by molar-refractivity contribution is -0.118. The Hall–Kier alpha value is -2.63. The maximum Gasteiger partial charge on any atom is 0.277 e. The van der Waals surface area contributed by atoms with E-state index in [1.54, 1.807) is 24.3 Å². The predicted octanol–water partition coefficient (Wildman–Crippen LogP) is 3.79. The summed E-state index contributed by atoms with van der Waals surface area (Å²) < 4.78 is 5.40. The van der Waals surface area contributed by atoms with Gasteiger partial charge in [-0.15, -0.1) is 0 Å². The molecule has 0 aliphatic heterocycles. The molecule has 2 aromatic rings. The normalized spacial score (nSPS) is 14.3. The van der Waals surface area contributed by atoms with E-state index in [9.17, 15) is 9.59 Å². The Labute approximate surface area is 140 Å². The topological polar surface area (TPSA) is 84.2 Å². The molecule has 0 spiro atoms. The van der Waals surface area contributed by atoms with Gasteiger partial charge < -0.3 is 15.1 Å². The number of carbonyl (C=O) groups is 2. The summed E-state index contributed by atoms with van der Waals surface area (Å²) in [6.45, 7) is 3.65. The molecule has 0 unspecified atom stereocenters. The van der Waals surface area contributed by atoms with Crippen molar-refractivity contribution < 1.29 is 14.0 Å². The number of hydrogen-bond acceptors (Lipinski definition) is 4. The van der Waals surface area contributed by atoms with Crippen LogP contribution in [0.25, 0.3) is 0 Å². The first-order valence-electron chi connectivity index (χ1n) is 8.20. The van der Waals surface area contributed by atoms with E-state index >= 15 is 0 Å². The Kier molecular flexibility index (Phi) is 4.64. The molecule has 1 aromatic heterocycles. The standard InChI is InChI=1S/C18H21N3O3/c1-11(2)16(22)19-13-7-4-8-14(9-13)20-17(23)15-10-24-18(21-15)12-5-3-6-12/h4,7-12H,3,5-6H2,1-2H3,(H,19,22)(H,20,23). The van der Waals surface area contributed by atoms with Crippen LogP contribution >= 0.6 is 0 Å². The van der Waals surface area contributed by atoms with Crippen molar-refractivity contribution in [3.63, 3.8) is 0 Å². The lowest BCUT2D eigenvalue weighted by atomic mass is 9.85. The van der Waals surface area contributed by atoms with E-state index in [4.69, 9.17) is 4.42 Å². The van der Waals surface area contributed by atoms with Gasteiger partial charge in [-0.3, -0.25) is 9.59 Å². The molecule has 24 heavy (non-hydrogen) atoms. The molecule has 2 N–H and O–H groups in total. The summed E-state index contributed by atoms with van der Waals surface area (Å²) in [5.41, 5.74) is 1.50. The van der Waals surface area contributed by atoms with E-state index < -0.39 is 0 Å². The zero-order chi connectivity index (χ0) is 17.1. The van der Waals surface area contributed by atoms with Crippen LogP contribution in [0.4, 0.5) is 11.4 Å². The number of rotatable bonds is 5. The monoisotopic (exact) mass is 327 g/mol. The van der Waals surface area contributed by atoms with Crippen molar-refractivity contribution in [3.8, 4) is 0 Å². The number of amides is 2. The summed E-state index contributed by atoms with van der Waals surface area (Å²) in [6.07, 6.45) is 4.72. The highest BCUT2D eigenvalue weighted by atomic mass is 16.3. The van der Waals surface area contributed by atoms with Crippen molar-refractivity contribution in [2.45, 2.75) is 39.0 Å². The van der Waals surface area contributed by atoms with E-state index in [0.29, 0.717) is 23.2 Å². The smallest absolute Gasteiger partial charge is 0.277 e. The van der Waals surface area contributed by atoms with Crippen LogP contribution in [-0.2, 0) is 4.79 Å². The zero-order valence-electron chi connectivity index (χ0n) is 13.8. The Bertz CT molecular complexity index is 747. The predicted molar refractivity (Wildman–Crippen MR) is 91.0 cm³/mol. The summed E-state index contributed by atoms with van der Waals surface area (Å²) >= 11 is 0. The second kappa shape index (κ2) is 6.86. The van der Waals surface area contributed by atoms with Gasteiger partial charge in [0, 0.05) is 23.2 Å². The van der Waals surface area contributed by atoms with Gasteiger partial charge in [-0.05, 0) is 31.0 Å². The van der Waals surface area contributed by atoms with Crippen LogP contribution in [0.1, 0.15) is 55.4 Å². The highest BCUT2D eigenvalue weighted by molar-refractivity contribution is 6.03. The first kappa shape index (κ1) is 16.2. The Morgan fingerprint density at radius 1 is 1.21 bits per heavy atom. The van der Waals surface area contributed by atoms with E-state index in [0.717, 1.165) is 12.8 Å². The minimum Gasteiger partial charge on any atom is -0.448 e. The van der Waals surface area contributed by atoms with Crippen molar-refractivity contribution in [2.24, 2.45) is 5.92 Å². The highest BCUT2D eigenvalue weighted by Gasteiger charge is 2.25. The molecule has 3 rings (SSSR count). The molecule has 1 aromatic carbocycles. The third-order valence-corrected chi connectivity index (χ3v) is 4.12. The highest BCUT2D eigenvalue weighted by Crippen LogP contribution is 2.35. The maximum atomic E-state index is 12.3. The minimum atomic E-state index is -0.323. The molecule has 0 atom stereocenters. The van der Waals surface area contributed by atoms with E-state index in [1.807, 2.05) is 13.8 Å². The molecule has 0 bridgehead atoms. The number of nitrogens with one attached hydrogen (secondary N) is 2. The second-order valence-electron chi connectivity index (χ2n) is 6.38. The number of oxazole rings is 1. The summed E-state index contributed by atoms with van der Waals surface area (Å²) in [7, 11) is 0. The first-order valence-corrected chi connectivity index (χ1v) is 8.20. The molecule has 2 amide bonds. The number of anilines is 2. The molecule has 6 nitrogen and oxygen atoms in total. The van der Waals surface area contributed by atoms with Gasteiger partial charge in [0.25, 0.3) is 5.91 Å². The number of benzene rings is 1. The molecule has 126 valence electrons. The molecule has 1 fully saturated rings. The third kappa shape index (κ3) is 3.64. The summed E-state index contributed by atoms with van der Waals surface area (Å²) in [5, 5.41) is 5.58. The molecular formula is C18H21N3O3.